The third-order valence-corrected chi connectivity index (χ3v) is 6.51. The molecule has 0 saturated carbocycles. The van der Waals surface area contributed by atoms with E-state index in [4.69, 9.17) is 9.15 Å². The van der Waals surface area contributed by atoms with Gasteiger partial charge in [0.1, 0.15) is 10.8 Å². The highest BCUT2D eigenvalue weighted by molar-refractivity contribution is 7.16. The van der Waals surface area contributed by atoms with E-state index in [1.165, 1.54) is 17.6 Å². The lowest BCUT2D eigenvalue weighted by molar-refractivity contribution is 0.0997. The average Bonchev–Trinajstić information content (AvgIpc) is 3.41. The molecule has 1 unspecified atom stereocenters. The summed E-state index contributed by atoms with van der Waals surface area (Å²) in [6, 6.07) is 12.8. The van der Waals surface area contributed by atoms with Crippen molar-refractivity contribution in [2.75, 3.05) is 17.7 Å². The average molecular weight is 463 g/mol. The first-order valence-electron chi connectivity index (χ1n) is 10.5. The number of nitrogens with zero attached hydrogens (tertiary/aromatic N) is 2. The van der Waals surface area contributed by atoms with E-state index in [1.54, 1.807) is 19.2 Å². The maximum atomic E-state index is 12.8. The molecular formula is C25H26N4O3S. The van der Waals surface area contributed by atoms with Crippen molar-refractivity contribution < 1.29 is 13.9 Å². The zero-order chi connectivity index (χ0) is 23.5. The first-order chi connectivity index (χ1) is 15.9. The number of aromatic nitrogens is 2. The van der Waals surface area contributed by atoms with Gasteiger partial charge in [0.25, 0.3) is 5.91 Å². The van der Waals surface area contributed by atoms with E-state index >= 15 is 0 Å². The van der Waals surface area contributed by atoms with Gasteiger partial charge in [-0.3, -0.25) is 4.79 Å². The second-order valence-corrected chi connectivity index (χ2v) is 9.01. The number of carbonyl (C=O) groups excluding carboxylic acids is 1. The van der Waals surface area contributed by atoms with Gasteiger partial charge < -0.3 is 19.8 Å². The van der Waals surface area contributed by atoms with Gasteiger partial charge >= 0.3 is 0 Å². The van der Waals surface area contributed by atoms with Crippen LogP contribution in [0.25, 0.3) is 0 Å². The van der Waals surface area contributed by atoms with Crippen molar-refractivity contribution in [3.63, 3.8) is 0 Å². The number of ether oxygens (including phenoxy) is 1. The molecule has 0 aliphatic heterocycles. The standard InChI is InChI=1S/C25H26N4O3S/c1-14-12-15(2)27-25(26-14)28-22(18-8-6-9-19(13-18)31-5)21-16(3)17(4)33-24(21)29-23(30)20-10-7-11-32-20/h6-13,22H,1-5H3,(H,29,30)(H,26,27,28). The Morgan fingerprint density at radius 1 is 1.06 bits per heavy atom. The molecule has 1 atom stereocenters. The quantitative estimate of drug-likeness (QED) is 0.359. The fraction of sp³-hybridized carbons (Fsp3) is 0.240. The number of nitrogens with one attached hydrogen (secondary N) is 2. The Kier molecular flexibility index (Phi) is 6.46. The highest BCUT2D eigenvalue weighted by Gasteiger charge is 2.26. The van der Waals surface area contributed by atoms with Crippen LogP contribution in [0, 0.1) is 27.7 Å². The molecule has 8 heteroatoms. The van der Waals surface area contributed by atoms with Gasteiger partial charge in [0, 0.05) is 21.8 Å². The molecule has 0 fully saturated rings. The molecule has 0 radical (unpaired) electrons. The van der Waals surface area contributed by atoms with Gasteiger partial charge in [0.2, 0.25) is 5.95 Å². The molecule has 1 amide bonds. The Bertz CT molecular complexity index is 1260. The lowest BCUT2D eigenvalue weighted by atomic mass is 9.96. The minimum atomic E-state index is -0.321. The summed E-state index contributed by atoms with van der Waals surface area (Å²) in [6.45, 7) is 7.98. The molecule has 0 bridgehead atoms. The van der Waals surface area contributed by atoms with Crippen LogP contribution in [0.1, 0.15) is 49.6 Å². The molecule has 33 heavy (non-hydrogen) atoms. The SMILES string of the molecule is COc1cccc(C(Nc2nc(C)cc(C)n2)c2c(NC(=O)c3ccco3)sc(C)c2C)c1. The largest absolute Gasteiger partial charge is 0.497 e. The summed E-state index contributed by atoms with van der Waals surface area (Å²) in [6.07, 6.45) is 1.48. The summed E-state index contributed by atoms with van der Waals surface area (Å²) in [5, 5.41) is 7.28. The number of furan rings is 1. The van der Waals surface area contributed by atoms with E-state index in [0.717, 1.165) is 43.7 Å². The lowest BCUT2D eigenvalue weighted by Crippen LogP contribution is -2.18. The summed E-state index contributed by atoms with van der Waals surface area (Å²) in [4.78, 5) is 23.1. The Hall–Kier alpha value is -3.65. The first kappa shape index (κ1) is 22.5. The van der Waals surface area contributed by atoms with Gasteiger partial charge in [-0.1, -0.05) is 12.1 Å². The molecule has 0 spiro atoms. The van der Waals surface area contributed by atoms with E-state index in [9.17, 15) is 4.79 Å². The number of rotatable bonds is 7. The maximum absolute atomic E-state index is 12.8. The van der Waals surface area contributed by atoms with Gasteiger partial charge in [0.15, 0.2) is 5.76 Å². The predicted octanol–water partition coefficient (Wildman–Crippen LogP) is 5.83. The number of methoxy groups -OCH3 is 1. The normalized spacial score (nSPS) is 11.8. The van der Waals surface area contributed by atoms with Crippen LogP contribution in [0.5, 0.6) is 5.75 Å². The molecule has 0 aliphatic rings. The number of anilines is 2. The monoisotopic (exact) mass is 462 g/mol. The number of benzene rings is 1. The third-order valence-electron chi connectivity index (χ3n) is 5.38. The third kappa shape index (κ3) is 4.90. The van der Waals surface area contributed by atoms with Gasteiger partial charge in [0.05, 0.1) is 19.4 Å². The number of carbonyl (C=O) groups is 1. The molecule has 7 nitrogen and oxygen atoms in total. The number of aryl methyl sites for hydroxylation is 3. The molecule has 3 aromatic heterocycles. The van der Waals surface area contributed by atoms with Crippen molar-refractivity contribution in [1.82, 2.24) is 9.97 Å². The van der Waals surface area contributed by atoms with Gasteiger partial charge in [-0.05, 0) is 69.2 Å². The number of hydrogen-bond acceptors (Lipinski definition) is 7. The molecular weight excluding hydrogens is 436 g/mol. The fourth-order valence-electron chi connectivity index (χ4n) is 3.72. The van der Waals surface area contributed by atoms with Crippen LogP contribution in [0.3, 0.4) is 0 Å². The summed E-state index contributed by atoms with van der Waals surface area (Å²) in [7, 11) is 1.64. The van der Waals surface area contributed by atoms with E-state index < -0.39 is 0 Å². The molecule has 2 N–H and O–H groups in total. The van der Waals surface area contributed by atoms with E-state index in [2.05, 4.69) is 27.5 Å². The summed E-state index contributed by atoms with van der Waals surface area (Å²) in [5.74, 6) is 1.22. The summed E-state index contributed by atoms with van der Waals surface area (Å²) < 4.78 is 10.8. The molecule has 170 valence electrons. The zero-order valence-corrected chi connectivity index (χ0v) is 20.0. The Labute approximate surface area is 196 Å². The first-order valence-corrected chi connectivity index (χ1v) is 11.3. The fourth-order valence-corrected chi connectivity index (χ4v) is 4.81. The van der Waals surface area contributed by atoms with E-state index in [0.29, 0.717) is 5.95 Å². The second-order valence-electron chi connectivity index (χ2n) is 7.79. The highest BCUT2D eigenvalue weighted by atomic mass is 32.1. The smallest absolute Gasteiger partial charge is 0.291 e. The molecule has 4 rings (SSSR count). The molecule has 0 saturated heterocycles. The van der Waals surface area contributed by atoms with Crippen molar-refractivity contribution in [2.24, 2.45) is 0 Å². The Balaban J connectivity index is 1.82. The summed E-state index contributed by atoms with van der Waals surface area (Å²) >= 11 is 1.53. The number of hydrogen-bond donors (Lipinski definition) is 2. The molecule has 4 aromatic rings. The van der Waals surface area contributed by atoms with Crippen LogP contribution in [0.4, 0.5) is 10.9 Å². The van der Waals surface area contributed by atoms with Crippen molar-refractivity contribution in [1.29, 1.82) is 0 Å². The molecule has 1 aromatic carbocycles. The minimum Gasteiger partial charge on any atom is -0.497 e. The van der Waals surface area contributed by atoms with E-state index in [1.807, 2.05) is 51.1 Å². The van der Waals surface area contributed by atoms with Crippen LogP contribution < -0.4 is 15.4 Å². The van der Waals surface area contributed by atoms with Crippen molar-refractivity contribution in [3.05, 3.63) is 87.4 Å². The van der Waals surface area contributed by atoms with Crippen molar-refractivity contribution in [2.45, 2.75) is 33.7 Å². The van der Waals surface area contributed by atoms with Gasteiger partial charge in [-0.25, -0.2) is 9.97 Å². The van der Waals surface area contributed by atoms with Crippen molar-refractivity contribution >= 4 is 28.2 Å². The summed E-state index contributed by atoms with van der Waals surface area (Å²) in [5.41, 5.74) is 4.75. The number of amides is 1. The van der Waals surface area contributed by atoms with Gasteiger partial charge in [-0.15, -0.1) is 11.3 Å². The maximum Gasteiger partial charge on any atom is 0.291 e. The lowest BCUT2D eigenvalue weighted by Gasteiger charge is -2.22. The van der Waals surface area contributed by atoms with Crippen molar-refractivity contribution in [3.8, 4) is 5.75 Å². The Morgan fingerprint density at radius 3 is 2.48 bits per heavy atom. The second kappa shape index (κ2) is 9.46. The molecule has 3 heterocycles. The van der Waals surface area contributed by atoms with Crippen LogP contribution in [-0.2, 0) is 0 Å². The topological polar surface area (TPSA) is 89.3 Å². The zero-order valence-electron chi connectivity index (χ0n) is 19.2. The van der Waals surface area contributed by atoms with E-state index in [-0.39, 0.29) is 17.7 Å². The minimum absolute atomic E-state index is 0.258. The van der Waals surface area contributed by atoms with Crippen LogP contribution in [-0.4, -0.2) is 23.0 Å². The van der Waals surface area contributed by atoms with Crippen LogP contribution in [0.2, 0.25) is 0 Å². The van der Waals surface area contributed by atoms with Crippen LogP contribution in [0.15, 0.2) is 53.1 Å². The molecule has 0 aliphatic carbocycles. The number of thiophene rings is 1. The van der Waals surface area contributed by atoms with Gasteiger partial charge in [-0.2, -0.15) is 0 Å². The van der Waals surface area contributed by atoms with Crippen LogP contribution >= 0.6 is 11.3 Å². The Morgan fingerprint density at radius 2 is 1.82 bits per heavy atom. The predicted molar refractivity (Wildman–Crippen MR) is 130 cm³/mol. The highest BCUT2D eigenvalue weighted by Crippen LogP contribution is 2.41.